The van der Waals surface area contributed by atoms with Crippen LogP contribution in [0.5, 0.6) is 28.7 Å². The van der Waals surface area contributed by atoms with E-state index in [1.807, 2.05) is 0 Å². The number of carbonyl (C=O) groups is 1. The van der Waals surface area contributed by atoms with Crippen LogP contribution in [0, 0.1) is 13.8 Å². The summed E-state index contributed by atoms with van der Waals surface area (Å²) in [5, 5.41) is 21.0. The van der Waals surface area contributed by atoms with Gasteiger partial charge in [-0.15, -0.1) is 0 Å². The summed E-state index contributed by atoms with van der Waals surface area (Å²) in [6, 6.07) is 0. The normalized spacial score (nSPS) is 14.9. The Labute approximate surface area is 182 Å². The molecule has 29 heavy (non-hydrogen) atoms. The number of aromatic hydroxyl groups is 1. The van der Waals surface area contributed by atoms with Crippen molar-refractivity contribution in [3.05, 3.63) is 37.3 Å². The van der Waals surface area contributed by atoms with Crippen LogP contribution in [0.2, 0.25) is 15.1 Å². The lowest BCUT2D eigenvalue weighted by atomic mass is 9.90. The highest BCUT2D eigenvalue weighted by Crippen LogP contribution is 2.56. The van der Waals surface area contributed by atoms with E-state index in [-0.39, 0.29) is 61.2 Å². The van der Waals surface area contributed by atoms with Crippen LogP contribution < -0.4 is 14.2 Å². The summed E-state index contributed by atoms with van der Waals surface area (Å²) in [5.41, 5.74) is -0.683. The van der Waals surface area contributed by atoms with Gasteiger partial charge in [-0.1, -0.05) is 41.7 Å². The van der Waals surface area contributed by atoms with Gasteiger partial charge in [0.2, 0.25) is 0 Å². The molecule has 1 aliphatic rings. The van der Waals surface area contributed by atoms with E-state index in [1.165, 1.54) is 14.0 Å². The monoisotopic (exact) mass is 460 g/mol. The summed E-state index contributed by atoms with van der Waals surface area (Å²) in [7, 11) is 1.41. The molecule has 2 N–H and O–H groups in total. The third-order valence-corrected chi connectivity index (χ3v) is 6.29. The first kappa shape index (κ1) is 21.8. The van der Waals surface area contributed by atoms with Crippen molar-refractivity contribution in [2.45, 2.75) is 39.7 Å². The van der Waals surface area contributed by atoms with Crippen LogP contribution in [-0.2, 0) is 5.60 Å². The van der Waals surface area contributed by atoms with E-state index in [0.717, 1.165) is 0 Å². The lowest BCUT2D eigenvalue weighted by Crippen LogP contribution is -2.22. The molecule has 0 aliphatic carbocycles. The van der Waals surface area contributed by atoms with Crippen molar-refractivity contribution in [2.75, 3.05) is 7.11 Å². The first-order valence-corrected chi connectivity index (χ1v) is 9.84. The Hall–Kier alpha value is -1.86. The third-order valence-electron chi connectivity index (χ3n) is 5.11. The fraction of sp³-hybridized carbons (Fsp3) is 0.350. The average Bonchev–Trinajstić information content (AvgIpc) is 2.81. The van der Waals surface area contributed by atoms with Crippen LogP contribution >= 0.6 is 34.8 Å². The van der Waals surface area contributed by atoms with Gasteiger partial charge >= 0.3 is 5.97 Å². The minimum atomic E-state index is -1.45. The van der Waals surface area contributed by atoms with Gasteiger partial charge in [0.1, 0.15) is 16.3 Å². The summed E-state index contributed by atoms with van der Waals surface area (Å²) >= 11 is 18.9. The molecular weight excluding hydrogens is 443 g/mol. The lowest BCUT2D eigenvalue weighted by Gasteiger charge is -2.28. The molecule has 0 radical (unpaired) electrons. The Bertz CT molecular complexity index is 1050. The van der Waals surface area contributed by atoms with Crippen LogP contribution in [0.3, 0.4) is 0 Å². The fourth-order valence-corrected chi connectivity index (χ4v) is 4.22. The highest BCUT2D eigenvalue weighted by Gasteiger charge is 2.39. The van der Waals surface area contributed by atoms with Crippen molar-refractivity contribution in [3.8, 4) is 28.7 Å². The Morgan fingerprint density at radius 3 is 2.17 bits per heavy atom. The molecule has 1 unspecified atom stereocenters. The van der Waals surface area contributed by atoms with Crippen molar-refractivity contribution in [3.63, 3.8) is 0 Å². The third kappa shape index (κ3) is 3.19. The van der Waals surface area contributed by atoms with E-state index in [9.17, 15) is 15.0 Å². The van der Waals surface area contributed by atoms with Crippen molar-refractivity contribution in [1.82, 2.24) is 0 Å². The number of phenolic OH excluding ortho intramolecular Hbond substituents is 1. The van der Waals surface area contributed by atoms with Crippen LogP contribution in [0.4, 0.5) is 0 Å². The van der Waals surface area contributed by atoms with Gasteiger partial charge < -0.3 is 24.4 Å². The zero-order valence-corrected chi connectivity index (χ0v) is 18.6. The molecule has 1 heterocycles. The number of halogens is 3. The van der Waals surface area contributed by atoms with E-state index in [1.54, 1.807) is 20.8 Å². The second-order valence-electron chi connectivity index (χ2n) is 6.93. The summed E-state index contributed by atoms with van der Waals surface area (Å²) in [6.45, 7) is 6.47. The highest BCUT2D eigenvalue weighted by molar-refractivity contribution is 6.39. The van der Waals surface area contributed by atoms with E-state index < -0.39 is 17.3 Å². The summed E-state index contributed by atoms with van der Waals surface area (Å²) in [6.07, 6.45) is 0.272. The molecule has 0 spiro atoms. The number of hydrogen-bond acceptors (Lipinski definition) is 6. The number of aliphatic hydroxyl groups is 1. The Morgan fingerprint density at radius 1 is 1.00 bits per heavy atom. The van der Waals surface area contributed by atoms with Crippen molar-refractivity contribution >= 4 is 40.8 Å². The molecule has 2 aromatic rings. The predicted octanol–water partition coefficient (Wildman–Crippen LogP) is 5.92. The van der Waals surface area contributed by atoms with E-state index >= 15 is 0 Å². The Kier molecular flexibility index (Phi) is 5.60. The largest absolute Gasteiger partial charge is 0.505 e. The molecule has 0 saturated carbocycles. The number of esters is 1. The van der Waals surface area contributed by atoms with Gasteiger partial charge in [-0.3, -0.25) is 0 Å². The summed E-state index contributed by atoms with van der Waals surface area (Å²) < 4.78 is 17.0. The van der Waals surface area contributed by atoms with Crippen LogP contribution in [-0.4, -0.2) is 23.3 Å². The van der Waals surface area contributed by atoms with Gasteiger partial charge in [-0.25, -0.2) is 4.79 Å². The topological polar surface area (TPSA) is 85.2 Å². The quantitative estimate of drug-likeness (QED) is 0.436. The number of rotatable bonds is 3. The van der Waals surface area contributed by atoms with Gasteiger partial charge in [0.15, 0.2) is 23.0 Å². The molecule has 0 aromatic heterocycles. The second kappa shape index (κ2) is 7.43. The second-order valence-corrected chi connectivity index (χ2v) is 8.06. The molecule has 9 heteroatoms. The maximum absolute atomic E-state index is 12.9. The Morgan fingerprint density at radius 2 is 1.62 bits per heavy atom. The van der Waals surface area contributed by atoms with Crippen molar-refractivity contribution in [1.29, 1.82) is 0 Å². The molecular formula is C20H19Cl3O6. The number of fused-ring (bicyclic) bond motifs is 2. The number of ether oxygens (including phenoxy) is 3. The average molecular weight is 462 g/mol. The minimum absolute atomic E-state index is 0.00951. The van der Waals surface area contributed by atoms with Gasteiger partial charge in [0.25, 0.3) is 0 Å². The number of methoxy groups -OCH3 is 1. The number of phenols is 1. The molecule has 0 fully saturated rings. The standard InChI is InChI=1S/C20H19Cl3O6/c1-6-20(4,26)10-12(22)15(27-5)8(3)16-18(10)28-17-9(19(25)29-16)7(2)11(21)14(24)13(17)23/h24,26H,6H2,1-5H3. The maximum atomic E-state index is 12.9. The first-order chi connectivity index (χ1) is 13.5. The molecule has 1 aliphatic heterocycles. The number of benzene rings is 2. The Balaban J connectivity index is 2.46. The number of carbonyl (C=O) groups excluding carboxylic acids is 1. The summed E-state index contributed by atoms with van der Waals surface area (Å²) in [5.74, 6) is -1.07. The van der Waals surface area contributed by atoms with Gasteiger partial charge in [0.05, 0.1) is 28.3 Å². The van der Waals surface area contributed by atoms with Crippen molar-refractivity contribution in [2.24, 2.45) is 0 Å². The van der Waals surface area contributed by atoms with Gasteiger partial charge in [0, 0.05) is 5.56 Å². The highest BCUT2D eigenvalue weighted by atomic mass is 35.5. The first-order valence-electron chi connectivity index (χ1n) is 8.71. The SMILES string of the molecule is CCC(C)(O)c1c(Cl)c(OC)c(C)c2c1Oc1c(Cl)c(O)c(Cl)c(C)c1C(=O)O2. The smallest absolute Gasteiger partial charge is 0.347 e. The molecule has 0 bridgehead atoms. The molecule has 3 rings (SSSR count). The van der Waals surface area contributed by atoms with Gasteiger partial charge in [-0.05, 0) is 32.8 Å². The van der Waals surface area contributed by atoms with Crippen LogP contribution in [0.25, 0.3) is 0 Å². The summed E-state index contributed by atoms with van der Waals surface area (Å²) in [4.78, 5) is 12.9. The van der Waals surface area contributed by atoms with Crippen LogP contribution in [0.15, 0.2) is 0 Å². The van der Waals surface area contributed by atoms with Crippen LogP contribution in [0.1, 0.15) is 47.3 Å². The van der Waals surface area contributed by atoms with E-state index in [0.29, 0.717) is 5.56 Å². The maximum Gasteiger partial charge on any atom is 0.347 e. The predicted molar refractivity (Wildman–Crippen MR) is 110 cm³/mol. The van der Waals surface area contributed by atoms with Crippen molar-refractivity contribution < 1.29 is 29.2 Å². The molecule has 2 aromatic carbocycles. The van der Waals surface area contributed by atoms with E-state index in [2.05, 4.69) is 0 Å². The van der Waals surface area contributed by atoms with Gasteiger partial charge in [-0.2, -0.15) is 0 Å². The molecule has 1 atom stereocenters. The molecule has 0 saturated heterocycles. The molecule has 156 valence electrons. The minimum Gasteiger partial charge on any atom is -0.505 e. The zero-order valence-electron chi connectivity index (χ0n) is 16.4. The lowest BCUT2D eigenvalue weighted by molar-refractivity contribution is 0.0502. The fourth-order valence-electron chi connectivity index (χ4n) is 3.24. The molecule has 0 amide bonds. The zero-order chi connectivity index (χ0) is 21.8. The molecule has 6 nitrogen and oxygen atoms in total. The van der Waals surface area contributed by atoms with E-state index in [4.69, 9.17) is 49.0 Å². The number of hydrogen-bond donors (Lipinski definition) is 2.